The lowest BCUT2D eigenvalue weighted by Gasteiger charge is -2.08. The summed E-state index contributed by atoms with van der Waals surface area (Å²) < 4.78 is 7.20. The Morgan fingerprint density at radius 1 is 1.22 bits per heavy atom. The van der Waals surface area contributed by atoms with Gasteiger partial charge in [0.25, 0.3) is 0 Å². The van der Waals surface area contributed by atoms with Crippen LogP contribution in [0.1, 0.15) is 6.42 Å². The number of hydrogen-bond acceptors (Lipinski definition) is 4. The number of nitrogens with zero attached hydrogens (tertiary/aromatic N) is 3. The zero-order chi connectivity index (χ0) is 16.2. The second-order valence-corrected chi connectivity index (χ2v) is 5.55. The van der Waals surface area contributed by atoms with E-state index in [1.807, 2.05) is 0 Å². The highest BCUT2D eigenvalue weighted by molar-refractivity contribution is 6.42. The molecular weight excluding hydrogens is 339 g/mol. The predicted molar refractivity (Wildman–Crippen MR) is 88.2 cm³/mol. The topological polar surface area (TPSA) is 68.5 Å². The number of benzene rings is 1. The Kier molecular flexibility index (Phi) is 4.64. The molecule has 0 atom stereocenters. The van der Waals surface area contributed by atoms with Gasteiger partial charge in [0.05, 0.1) is 28.8 Å². The molecule has 6 nitrogen and oxygen atoms in total. The SMILES string of the molecule is O=C(CCOc1ccc(Cl)c(Cl)c1)Nc1ccc2nncn2c1. The molecule has 1 amide bonds. The third-order valence-corrected chi connectivity index (χ3v) is 3.80. The molecule has 1 aromatic carbocycles. The molecule has 0 unspecified atom stereocenters. The molecule has 0 aliphatic heterocycles. The van der Waals surface area contributed by atoms with Gasteiger partial charge in [-0.05, 0) is 24.3 Å². The second kappa shape index (κ2) is 6.85. The fourth-order valence-electron chi connectivity index (χ4n) is 1.95. The van der Waals surface area contributed by atoms with Crippen molar-refractivity contribution in [2.24, 2.45) is 0 Å². The van der Waals surface area contributed by atoms with Crippen LogP contribution in [0.3, 0.4) is 0 Å². The van der Waals surface area contributed by atoms with Crippen LogP contribution in [-0.2, 0) is 4.79 Å². The lowest BCUT2D eigenvalue weighted by Crippen LogP contribution is -2.15. The molecule has 0 fully saturated rings. The van der Waals surface area contributed by atoms with E-state index in [2.05, 4.69) is 15.5 Å². The Morgan fingerprint density at radius 2 is 2.09 bits per heavy atom. The van der Waals surface area contributed by atoms with Gasteiger partial charge in [0, 0.05) is 12.3 Å². The molecule has 2 aromatic heterocycles. The van der Waals surface area contributed by atoms with Crippen molar-refractivity contribution in [3.63, 3.8) is 0 Å². The molecule has 3 aromatic rings. The van der Waals surface area contributed by atoms with Gasteiger partial charge in [-0.15, -0.1) is 10.2 Å². The molecule has 1 N–H and O–H groups in total. The van der Waals surface area contributed by atoms with Gasteiger partial charge in [-0.2, -0.15) is 0 Å². The van der Waals surface area contributed by atoms with Crippen molar-refractivity contribution in [3.8, 4) is 5.75 Å². The normalized spacial score (nSPS) is 10.7. The first kappa shape index (κ1) is 15.6. The minimum absolute atomic E-state index is 0.155. The van der Waals surface area contributed by atoms with Crippen LogP contribution in [0.25, 0.3) is 5.65 Å². The smallest absolute Gasteiger partial charge is 0.227 e. The van der Waals surface area contributed by atoms with Gasteiger partial charge in [0.15, 0.2) is 5.65 Å². The van der Waals surface area contributed by atoms with Crippen molar-refractivity contribution in [2.45, 2.75) is 6.42 Å². The molecule has 3 rings (SSSR count). The molecule has 118 valence electrons. The van der Waals surface area contributed by atoms with Crippen LogP contribution in [0.4, 0.5) is 5.69 Å². The fraction of sp³-hybridized carbons (Fsp3) is 0.133. The maximum atomic E-state index is 11.9. The number of ether oxygens (including phenoxy) is 1. The van der Waals surface area contributed by atoms with Crippen LogP contribution < -0.4 is 10.1 Å². The summed E-state index contributed by atoms with van der Waals surface area (Å²) in [7, 11) is 0. The van der Waals surface area contributed by atoms with E-state index in [1.54, 1.807) is 47.3 Å². The minimum Gasteiger partial charge on any atom is -0.493 e. The van der Waals surface area contributed by atoms with Gasteiger partial charge in [0.2, 0.25) is 5.91 Å². The van der Waals surface area contributed by atoms with E-state index < -0.39 is 0 Å². The first-order valence-corrected chi connectivity index (χ1v) is 7.54. The predicted octanol–water partition coefficient (Wildman–Crippen LogP) is 3.44. The van der Waals surface area contributed by atoms with Crippen LogP contribution in [0.5, 0.6) is 5.75 Å². The number of rotatable bonds is 5. The van der Waals surface area contributed by atoms with E-state index in [0.717, 1.165) is 0 Å². The van der Waals surface area contributed by atoms with E-state index in [-0.39, 0.29) is 18.9 Å². The van der Waals surface area contributed by atoms with Crippen LogP contribution in [0, 0.1) is 0 Å². The number of carbonyl (C=O) groups is 1. The number of pyridine rings is 1. The monoisotopic (exact) mass is 350 g/mol. The summed E-state index contributed by atoms with van der Waals surface area (Å²) in [6, 6.07) is 8.50. The van der Waals surface area contributed by atoms with Crippen LogP contribution in [-0.4, -0.2) is 27.1 Å². The maximum Gasteiger partial charge on any atom is 0.227 e. The van der Waals surface area contributed by atoms with Gasteiger partial charge in [0.1, 0.15) is 12.1 Å². The van der Waals surface area contributed by atoms with Crippen LogP contribution in [0.2, 0.25) is 10.0 Å². The third kappa shape index (κ3) is 3.91. The number of aromatic nitrogens is 3. The van der Waals surface area contributed by atoms with E-state index in [0.29, 0.717) is 27.1 Å². The standard InChI is InChI=1S/C15H12Cl2N4O2/c16-12-3-2-11(7-13(12)17)23-6-5-15(22)19-10-1-4-14-20-18-9-21(14)8-10/h1-4,7-9H,5-6H2,(H,19,22). The summed E-state index contributed by atoms with van der Waals surface area (Å²) in [6.07, 6.45) is 3.52. The van der Waals surface area contributed by atoms with Gasteiger partial charge in [-0.25, -0.2) is 0 Å². The average Bonchev–Trinajstić information content (AvgIpc) is 2.98. The lowest BCUT2D eigenvalue weighted by molar-refractivity contribution is -0.116. The second-order valence-electron chi connectivity index (χ2n) is 4.74. The molecule has 0 saturated heterocycles. The summed E-state index contributed by atoms with van der Waals surface area (Å²) in [5.74, 6) is 0.413. The molecule has 0 aliphatic rings. The molecule has 0 spiro atoms. The zero-order valence-electron chi connectivity index (χ0n) is 11.9. The van der Waals surface area contributed by atoms with Crippen molar-refractivity contribution in [3.05, 3.63) is 52.9 Å². The highest BCUT2D eigenvalue weighted by Crippen LogP contribution is 2.26. The number of anilines is 1. The molecular formula is C15H12Cl2N4O2. The number of halogens is 2. The van der Waals surface area contributed by atoms with Crippen molar-refractivity contribution >= 4 is 40.4 Å². The molecule has 0 saturated carbocycles. The first-order valence-electron chi connectivity index (χ1n) is 6.79. The van der Waals surface area contributed by atoms with E-state index in [4.69, 9.17) is 27.9 Å². The van der Waals surface area contributed by atoms with Crippen molar-refractivity contribution in [1.82, 2.24) is 14.6 Å². The minimum atomic E-state index is -0.155. The largest absolute Gasteiger partial charge is 0.493 e. The first-order chi connectivity index (χ1) is 11.1. The van der Waals surface area contributed by atoms with Gasteiger partial charge in [-0.3, -0.25) is 9.20 Å². The summed E-state index contributed by atoms with van der Waals surface area (Å²) in [4.78, 5) is 11.9. The van der Waals surface area contributed by atoms with Crippen molar-refractivity contribution in [1.29, 1.82) is 0 Å². The summed E-state index contributed by atoms with van der Waals surface area (Å²) >= 11 is 11.7. The zero-order valence-corrected chi connectivity index (χ0v) is 13.4. The Morgan fingerprint density at radius 3 is 2.91 bits per heavy atom. The van der Waals surface area contributed by atoms with E-state index in [1.165, 1.54) is 0 Å². The number of carbonyl (C=O) groups excluding carboxylic acids is 1. The average molecular weight is 351 g/mol. The lowest BCUT2D eigenvalue weighted by atomic mass is 10.3. The van der Waals surface area contributed by atoms with Gasteiger partial charge < -0.3 is 10.1 Å². The molecule has 8 heteroatoms. The third-order valence-electron chi connectivity index (χ3n) is 3.06. The molecule has 0 bridgehead atoms. The van der Waals surface area contributed by atoms with Crippen LogP contribution in [0.15, 0.2) is 42.9 Å². The molecule has 0 aliphatic carbocycles. The molecule has 23 heavy (non-hydrogen) atoms. The quantitative estimate of drug-likeness (QED) is 0.765. The number of nitrogens with one attached hydrogen (secondary N) is 1. The van der Waals surface area contributed by atoms with Crippen molar-refractivity contribution in [2.75, 3.05) is 11.9 Å². The molecule has 2 heterocycles. The summed E-state index contributed by atoms with van der Waals surface area (Å²) in [6.45, 7) is 0.235. The summed E-state index contributed by atoms with van der Waals surface area (Å²) in [5.41, 5.74) is 1.38. The highest BCUT2D eigenvalue weighted by atomic mass is 35.5. The van der Waals surface area contributed by atoms with Gasteiger partial charge >= 0.3 is 0 Å². The fourth-order valence-corrected chi connectivity index (χ4v) is 2.24. The Hall–Kier alpha value is -2.31. The Balaban J connectivity index is 1.51. The maximum absolute atomic E-state index is 11.9. The van der Waals surface area contributed by atoms with Gasteiger partial charge in [-0.1, -0.05) is 23.2 Å². The van der Waals surface area contributed by atoms with Crippen molar-refractivity contribution < 1.29 is 9.53 Å². The molecule has 0 radical (unpaired) electrons. The van der Waals surface area contributed by atoms with E-state index >= 15 is 0 Å². The number of amides is 1. The van der Waals surface area contributed by atoms with E-state index in [9.17, 15) is 4.79 Å². The summed E-state index contributed by atoms with van der Waals surface area (Å²) in [5, 5.41) is 11.3. The highest BCUT2D eigenvalue weighted by Gasteiger charge is 2.05. The Labute approximate surface area is 142 Å². The number of hydrogen-bond donors (Lipinski definition) is 1. The number of fused-ring (bicyclic) bond motifs is 1. The van der Waals surface area contributed by atoms with Crippen LogP contribution >= 0.6 is 23.2 Å². The Bertz CT molecular complexity index is 850.